The maximum absolute atomic E-state index is 11.3. The van der Waals surface area contributed by atoms with Gasteiger partial charge in [-0.1, -0.05) is 0 Å². The third-order valence-electron chi connectivity index (χ3n) is 2.36. The number of aliphatic hydroxyl groups is 2. The van der Waals surface area contributed by atoms with Gasteiger partial charge in [0.05, 0.1) is 17.6 Å². The monoisotopic (exact) mass is 259 g/mol. The first-order valence-electron chi connectivity index (χ1n) is 5.18. The molecule has 1 aromatic carbocycles. The van der Waals surface area contributed by atoms with E-state index in [2.05, 4.69) is 5.32 Å². The van der Waals surface area contributed by atoms with E-state index in [4.69, 9.17) is 5.11 Å². The van der Waals surface area contributed by atoms with E-state index in [0.29, 0.717) is 0 Å². The molecule has 0 bridgehead atoms. The maximum Gasteiger partial charge on any atom is 0.175 e. The Labute approximate surface area is 101 Å². The number of anilines is 1. The Balaban J connectivity index is 2.84. The molecule has 0 amide bonds. The number of hydrogen-bond acceptors (Lipinski definition) is 5. The van der Waals surface area contributed by atoms with Gasteiger partial charge in [0.1, 0.15) is 0 Å². The van der Waals surface area contributed by atoms with E-state index >= 15 is 0 Å². The number of hydrogen-bond donors (Lipinski definition) is 3. The number of nitrogens with one attached hydrogen (secondary N) is 1. The van der Waals surface area contributed by atoms with E-state index in [-0.39, 0.29) is 18.0 Å². The molecule has 6 heteroatoms. The fourth-order valence-electron chi connectivity index (χ4n) is 1.36. The Morgan fingerprint density at radius 1 is 1.41 bits per heavy atom. The Bertz CT molecular complexity index is 484. The van der Waals surface area contributed by atoms with Gasteiger partial charge in [0.2, 0.25) is 0 Å². The minimum atomic E-state index is -3.20. The highest BCUT2D eigenvalue weighted by atomic mass is 32.2. The van der Waals surface area contributed by atoms with Crippen LogP contribution in [0.5, 0.6) is 0 Å². The summed E-state index contributed by atoms with van der Waals surface area (Å²) in [6, 6.07) is 4.73. The molecule has 1 unspecified atom stereocenters. The summed E-state index contributed by atoms with van der Waals surface area (Å²) in [5.74, 6) is 0. The van der Waals surface area contributed by atoms with E-state index in [0.717, 1.165) is 17.5 Å². The average Bonchev–Trinajstić information content (AvgIpc) is 2.25. The van der Waals surface area contributed by atoms with Crippen LogP contribution in [0.3, 0.4) is 0 Å². The van der Waals surface area contributed by atoms with E-state index in [1.54, 1.807) is 19.1 Å². The summed E-state index contributed by atoms with van der Waals surface area (Å²) < 4.78 is 22.6. The van der Waals surface area contributed by atoms with Gasteiger partial charge >= 0.3 is 0 Å². The Kier molecular flexibility index (Phi) is 4.50. The van der Waals surface area contributed by atoms with Crippen molar-refractivity contribution in [2.24, 2.45) is 0 Å². The van der Waals surface area contributed by atoms with Crippen LogP contribution in [0.2, 0.25) is 0 Å². The SMILES string of the molecule is Cc1cc(S(C)(=O)=O)ccc1NCC(O)CO. The van der Waals surface area contributed by atoms with E-state index in [9.17, 15) is 13.5 Å². The predicted molar refractivity (Wildman–Crippen MR) is 65.9 cm³/mol. The number of sulfone groups is 1. The molecule has 0 heterocycles. The van der Waals surface area contributed by atoms with Crippen LogP contribution in [-0.4, -0.2) is 44.1 Å². The van der Waals surface area contributed by atoms with Crippen LogP contribution in [0.4, 0.5) is 5.69 Å². The Morgan fingerprint density at radius 3 is 2.53 bits per heavy atom. The molecule has 17 heavy (non-hydrogen) atoms. The molecule has 0 saturated heterocycles. The highest BCUT2D eigenvalue weighted by Crippen LogP contribution is 2.19. The third kappa shape index (κ3) is 3.99. The summed E-state index contributed by atoms with van der Waals surface area (Å²) in [4.78, 5) is 0.267. The van der Waals surface area contributed by atoms with Crippen LogP contribution in [-0.2, 0) is 9.84 Å². The van der Waals surface area contributed by atoms with Gasteiger partial charge in [-0.25, -0.2) is 8.42 Å². The smallest absolute Gasteiger partial charge is 0.175 e. The van der Waals surface area contributed by atoms with Gasteiger partial charge in [0, 0.05) is 18.5 Å². The standard InChI is InChI=1S/C11H17NO4S/c1-8-5-10(17(2,15)16)3-4-11(8)12-6-9(14)7-13/h3-5,9,12-14H,6-7H2,1-2H3. The first-order chi connectivity index (χ1) is 7.84. The summed E-state index contributed by atoms with van der Waals surface area (Å²) >= 11 is 0. The van der Waals surface area contributed by atoms with Crippen molar-refractivity contribution in [3.05, 3.63) is 23.8 Å². The highest BCUT2D eigenvalue weighted by Gasteiger charge is 2.09. The summed E-state index contributed by atoms with van der Waals surface area (Å²) in [6.45, 7) is 1.69. The highest BCUT2D eigenvalue weighted by molar-refractivity contribution is 7.90. The molecule has 1 rings (SSSR count). The molecule has 3 N–H and O–H groups in total. The van der Waals surface area contributed by atoms with Crippen molar-refractivity contribution in [1.29, 1.82) is 0 Å². The van der Waals surface area contributed by atoms with E-state index in [1.165, 1.54) is 6.07 Å². The van der Waals surface area contributed by atoms with Crippen molar-refractivity contribution < 1.29 is 18.6 Å². The zero-order valence-electron chi connectivity index (χ0n) is 9.84. The molecule has 1 aromatic rings. The van der Waals surface area contributed by atoms with Crippen molar-refractivity contribution in [2.75, 3.05) is 24.7 Å². The Hall–Kier alpha value is -1.11. The molecular weight excluding hydrogens is 242 g/mol. The zero-order valence-corrected chi connectivity index (χ0v) is 10.7. The van der Waals surface area contributed by atoms with Gasteiger partial charge in [-0.2, -0.15) is 0 Å². The second kappa shape index (κ2) is 5.48. The second-order valence-corrected chi connectivity index (χ2v) is 5.98. The first kappa shape index (κ1) is 14.0. The first-order valence-corrected chi connectivity index (χ1v) is 7.07. The van der Waals surface area contributed by atoms with Crippen LogP contribution >= 0.6 is 0 Å². The lowest BCUT2D eigenvalue weighted by atomic mass is 10.2. The van der Waals surface area contributed by atoms with Crippen molar-refractivity contribution >= 4 is 15.5 Å². The minimum absolute atomic E-state index is 0.218. The molecule has 96 valence electrons. The molecule has 0 aromatic heterocycles. The minimum Gasteiger partial charge on any atom is -0.394 e. The van der Waals surface area contributed by atoms with Crippen LogP contribution in [0.15, 0.2) is 23.1 Å². The lowest BCUT2D eigenvalue weighted by Gasteiger charge is -2.13. The molecule has 0 radical (unpaired) electrons. The molecular formula is C11H17NO4S. The van der Waals surface area contributed by atoms with Gasteiger partial charge < -0.3 is 15.5 Å². The summed E-state index contributed by atoms with van der Waals surface area (Å²) in [6.07, 6.45) is 0.327. The average molecular weight is 259 g/mol. The fraction of sp³-hybridized carbons (Fsp3) is 0.455. The van der Waals surface area contributed by atoms with E-state index < -0.39 is 15.9 Å². The molecule has 1 atom stereocenters. The normalized spacial score (nSPS) is 13.4. The lowest BCUT2D eigenvalue weighted by Crippen LogP contribution is -2.23. The topological polar surface area (TPSA) is 86.6 Å². The second-order valence-electron chi connectivity index (χ2n) is 3.97. The van der Waals surface area contributed by atoms with Crippen molar-refractivity contribution in [2.45, 2.75) is 17.9 Å². The van der Waals surface area contributed by atoms with Crippen molar-refractivity contribution in [3.8, 4) is 0 Å². The molecule has 0 fully saturated rings. The van der Waals surface area contributed by atoms with Gasteiger partial charge in [-0.3, -0.25) is 0 Å². The van der Waals surface area contributed by atoms with Crippen LogP contribution < -0.4 is 5.32 Å². The molecule has 5 nitrogen and oxygen atoms in total. The van der Waals surface area contributed by atoms with Crippen molar-refractivity contribution in [1.82, 2.24) is 0 Å². The van der Waals surface area contributed by atoms with Gasteiger partial charge in [-0.05, 0) is 30.7 Å². The zero-order chi connectivity index (χ0) is 13.1. The van der Waals surface area contributed by atoms with E-state index in [1.807, 2.05) is 0 Å². The maximum atomic E-state index is 11.3. The number of rotatable bonds is 5. The third-order valence-corrected chi connectivity index (χ3v) is 3.48. The number of aliphatic hydroxyl groups excluding tert-OH is 2. The van der Waals surface area contributed by atoms with Crippen LogP contribution in [0.1, 0.15) is 5.56 Å². The molecule has 0 aliphatic rings. The molecule has 0 saturated carbocycles. The quantitative estimate of drug-likeness (QED) is 0.701. The molecule has 0 aliphatic carbocycles. The Morgan fingerprint density at radius 2 is 2.06 bits per heavy atom. The number of aryl methyl sites for hydroxylation is 1. The van der Waals surface area contributed by atoms with Gasteiger partial charge in [-0.15, -0.1) is 0 Å². The molecule has 0 aliphatic heterocycles. The number of benzene rings is 1. The largest absolute Gasteiger partial charge is 0.394 e. The fourth-order valence-corrected chi connectivity index (χ4v) is 2.06. The predicted octanol–water partition coefficient (Wildman–Crippen LogP) is 0.164. The van der Waals surface area contributed by atoms with Gasteiger partial charge in [0.25, 0.3) is 0 Å². The summed E-state index contributed by atoms with van der Waals surface area (Å²) in [5.41, 5.74) is 1.52. The van der Waals surface area contributed by atoms with Crippen LogP contribution in [0.25, 0.3) is 0 Å². The summed E-state index contributed by atoms with van der Waals surface area (Å²) in [7, 11) is -3.20. The molecule has 0 spiro atoms. The van der Waals surface area contributed by atoms with Crippen LogP contribution in [0, 0.1) is 6.92 Å². The summed E-state index contributed by atoms with van der Waals surface area (Å²) in [5, 5.41) is 20.8. The van der Waals surface area contributed by atoms with Crippen molar-refractivity contribution in [3.63, 3.8) is 0 Å². The van der Waals surface area contributed by atoms with Gasteiger partial charge in [0.15, 0.2) is 9.84 Å². The lowest BCUT2D eigenvalue weighted by molar-refractivity contribution is 0.105.